The molecule has 1 saturated heterocycles. The Morgan fingerprint density at radius 1 is 1.19 bits per heavy atom. The first-order valence-electron chi connectivity index (χ1n) is 7.53. The smallest absolute Gasteiger partial charge is 0.294 e. The third-order valence-corrected chi connectivity index (χ3v) is 4.71. The van der Waals surface area contributed by atoms with Crippen molar-refractivity contribution in [3.8, 4) is 5.75 Å². The summed E-state index contributed by atoms with van der Waals surface area (Å²) in [5.74, 6) is -1.09. The summed E-state index contributed by atoms with van der Waals surface area (Å²) in [7, 11) is 0. The quantitative estimate of drug-likeness (QED) is 0.779. The number of aromatic hydroxyl groups is 1. The molecular formula is C18H13ClN2O4S. The first-order chi connectivity index (χ1) is 12.4. The number of hydrogen-bond donors (Lipinski definition) is 2. The van der Waals surface area contributed by atoms with Crippen LogP contribution in [0.15, 0.2) is 53.4 Å². The van der Waals surface area contributed by atoms with Crippen LogP contribution >= 0.6 is 23.4 Å². The standard InChI is InChI=1S/C18H13ClN2O4S/c19-13-8-11(6-7-14(13)22)9-15-17(24)21(18(25)26-15)10-16(23)20-12-4-2-1-3-5-12/h1-9,22H,10H2,(H,20,23)/b15-9+. The van der Waals surface area contributed by atoms with Crippen LogP contribution in [0.4, 0.5) is 10.5 Å². The molecule has 1 heterocycles. The minimum absolute atomic E-state index is 0.0745. The van der Waals surface area contributed by atoms with Crippen LogP contribution in [-0.2, 0) is 9.59 Å². The second-order valence-electron chi connectivity index (χ2n) is 5.39. The minimum Gasteiger partial charge on any atom is -0.506 e. The summed E-state index contributed by atoms with van der Waals surface area (Å²) in [6.07, 6.45) is 1.49. The number of anilines is 1. The van der Waals surface area contributed by atoms with Crippen molar-refractivity contribution in [2.45, 2.75) is 0 Å². The Kier molecular flexibility index (Phi) is 5.29. The predicted molar refractivity (Wildman–Crippen MR) is 101 cm³/mol. The van der Waals surface area contributed by atoms with E-state index in [1.165, 1.54) is 18.2 Å². The number of hydrogen-bond acceptors (Lipinski definition) is 5. The van der Waals surface area contributed by atoms with Crippen molar-refractivity contribution in [3.05, 3.63) is 64.0 Å². The van der Waals surface area contributed by atoms with E-state index < -0.39 is 17.1 Å². The van der Waals surface area contributed by atoms with E-state index >= 15 is 0 Å². The number of halogens is 1. The van der Waals surface area contributed by atoms with Gasteiger partial charge in [0.2, 0.25) is 5.91 Å². The number of rotatable bonds is 4. The summed E-state index contributed by atoms with van der Waals surface area (Å²) in [6.45, 7) is -0.368. The number of thioether (sulfide) groups is 1. The predicted octanol–water partition coefficient (Wildman–Crippen LogP) is 3.72. The SMILES string of the molecule is O=C(CN1C(=O)S/C(=C/c2ccc(O)c(Cl)c2)C1=O)Nc1ccccc1. The summed E-state index contributed by atoms with van der Waals surface area (Å²) < 4.78 is 0. The Morgan fingerprint density at radius 3 is 2.62 bits per heavy atom. The van der Waals surface area contributed by atoms with Gasteiger partial charge in [0, 0.05) is 5.69 Å². The summed E-state index contributed by atoms with van der Waals surface area (Å²) in [5, 5.41) is 11.7. The van der Waals surface area contributed by atoms with Crippen LogP contribution < -0.4 is 5.32 Å². The van der Waals surface area contributed by atoms with E-state index in [4.69, 9.17) is 11.6 Å². The van der Waals surface area contributed by atoms with Gasteiger partial charge in [-0.2, -0.15) is 0 Å². The Morgan fingerprint density at radius 2 is 1.92 bits per heavy atom. The highest BCUT2D eigenvalue weighted by atomic mass is 35.5. The lowest BCUT2D eigenvalue weighted by atomic mass is 10.2. The number of phenols is 1. The van der Waals surface area contributed by atoms with Crippen LogP contribution in [0, 0.1) is 0 Å². The molecule has 0 bridgehead atoms. The van der Waals surface area contributed by atoms with Crippen molar-refractivity contribution in [1.82, 2.24) is 4.90 Å². The van der Waals surface area contributed by atoms with Gasteiger partial charge in [0.1, 0.15) is 12.3 Å². The number of nitrogens with zero attached hydrogens (tertiary/aromatic N) is 1. The van der Waals surface area contributed by atoms with E-state index in [2.05, 4.69) is 5.32 Å². The number of carbonyl (C=O) groups excluding carboxylic acids is 3. The lowest BCUT2D eigenvalue weighted by Gasteiger charge is -2.12. The highest BCUT2D eigenvalue weighted by molar-refractivity contribution is 8.18. The first kappa shape index (κ1) is 18.0. The summed E-state index contributed by atoms with van der Waals surface area (Å²) in [5.41, 5.74) is 1.14. The third-order valence-electron chi connectivity index (χ3n) is 3.50. The number of amides is 3. The van der Waals surface area contributed by atoms with Crippen LogP contribution in [0.1, 0.15) is 5.56 Å². The molecule has 1 aliphatic heterocycles. The largest absolute Gasteiger partial charge is 0.506 e. The van der Waals surface area contributed by atoms with Crippen molar-refractivity contribution >= 4 is 52.2 Å². The number of phenolic OH excluding ortho intramolecular Hbond substituents is 1. The first-order valence-corrected chi connectivity index (χ1v) is 8.72. The Labute approximate surface area is 158 Å². The molecule has 6 nitrogen and oxygen atoms in total. The molecule has 1 aliphatic rings. The van der Waals surface area contributed by atoms with Gasteiger partial charge in [0.25, 0.3) is 11.1 Å². The van der Waals surface area contributed by atoms with E-state index in [-0.39, 0.29) is 22.2 Å². The third kappa shape index (κ3) is 4.07. The zero-order chi connectivity index (χ0) is 18.7. The average Bonchev–Trinajstić information content (AvgIpc) is 2.86. The monoisotopic (exact) mass is 388 g/mol. The number of para-hydroxylation sites is 1. The van der Waals surface area contributed by atoms with Crippen LogP contribution in [0.25, 0.3) is 6.08 Å². The van der Waals surface area contributed by atoms with Crippen LogP contribution in [0.2, 0.25) is 5.02 Å². The molecule has 0 aromatic heterocycles. The summed E-state index contributed by atoms with van der Waals surface area (Å²) in [4.78, 5) is 37.6. The molecule has 26 heavy (non-hydrogen) atoms. The van der Waals surface area contributed by atoms with Crippen molar-refractivity contribution in [2.75, 3.05) is 11.9 Å². The molecule has 0 aliphatic carbocycles. The molecule has 2 N–H and O–H groups in total. The molecule has 8 heteroatoms. The lowest BCUT2D eigenvalue weighted by Crippen LogP contribution is -2.36. The van der Waals surface area contributed by atoms with Crippen LogP contribution in [0.3, 0.4) is 0 Å². The van der Waals surface area contributed by atoms with E-state index in [9.17, 15) is 19.5 Å². The van der Waals surface area contributed by atoms with E-state index in [0.29, 0.717) is 11.3 Å². The van der Waals surface area contributed by atoms with Gasteiger partial charge >= 0.3 is 0 Å². The Hall–Kier alpha value is -2.77. The van der Waals surface area contributed by atoms with Gasteiger partial charge in [-0.05, 0) is 47.7 Å². The fourth-order valence-electron chi connectivity index (χ4n) is 2.27. The normalized spacial score (nSPS) is 15.6. The fourth-order valence-corrected chi connectivity index (χ4v) is 3.29. The topological polar surface area (TPSA) is 86.7 Å². The van der Waals surface area contributed by atoms with Gasteiger partial charge < -0.3 is 10.4 Å². The summed E-state index contributed by atoms with van der Waals surface area (Å²) >= 11 is 6.59. The highest BCUT2D eigenvalue weighted by Crippen LogP contribution is 2.33. The van der Waals surface area contributed by atoms with Crippen LogP contribution in [0.5, 0.6) is 5.75 Å². The molecule has 0 saturated carbocycles. The molecule has 132 valence electrons. The second kappa shape index (κ2) is 7.63. The highest BCUT2D eigenvalue weighted by Gasteiger charge is 2.36. The maximum absolute atomic E-state index is 12.4. The van der Waals surface area contributed by atoms with Gasteiger partial charge in [-0.3, -0.25) is 19.3 Å². The lowest BCUT2D eigenvalue weighted by molar-refractivity contribution is -0.127. The molecule has 0 radical (unpaired) electrons. The van der Waals surface area contributed by atoms with Gasteiger partial charge in [0.05, 0.1) is 9.93 Å². The fraction of sp³-hybridized carbons (Fsp3) is 0.0556. The molecule has 0 atom stereocenters. The molecule has 2 aromatic carbocycles. The number of benzene rings is 2. The zero-order valence-electron chi connectivity index (χ0n) is 13.3. The molecule has 0 spiro atoms. The van der Waals surface area contributed by atoms with Gasteiger partial charge in [0.15, 0.2) is 0 Å². The van der Waals surface area contributed by atoms with Crippen LogP contribution in [-0.4, -0.2) is 33.6 Å². The second-order valence-corrected chi connectivity index (χ2v) is 6.79. The Bertz CT molecular complexity index is 915. The van der Waals surface area contributed by atoms with Gasteiger partial charge in [-0.15, -0.1) is 0 Å². The van der Waals surface area contributed by atoms with Crippen molar-refractivity contribution in [3.63, 3.8) is 0 Å². The zero-order valence-corrected chi connectivity index (χ0v) is 14.9. The van der Waals surface area contributed by atoms with Gasteiger partial charge in [-0.25, -0.2) is 0 Å². The number of nitrogens with one attached hydrogen (secondary N) is 1. The Balaban J connectivity index is 1.71. The van der Waals surface area contributed by atoms with E-state index in [1.54, 1.807) is 30.3 Å². The maximum Gasteiger partial charge on any atom is 0.294 e. The molecular weight excluding hydrogens is 376 g/mol. The average molecular weight is 389 g/mol. The molecule has 3 rings (SSSR count). The molecule has 2 aromatic rings. The van der Waals surface area contributed by atoms with Crippen molar-refractivity contribution in [2.24, 2.45) is 0 Å². The van der Waals surface area contributed by atoms with E-state index in [0.717, 1.165) is 16.7 Å². The van der Waals surface area contributed by atoms with Crippen molar-refractivity contribution in [1.29, 1.82) is 0 Å². The molecule has 0 unspecified atom stereocenters. The maximum atomic E-state index is 12.4. The molecule has 3 amide bonds. The van der Waals surface area contributed by atoms with Crippen molar-refractivity contribution < 1.29 is 19.5 Å². The van der Waals surface area contributed by atoms with E-state index in [1.807, 2.05) is 6.07 Å². The van der Waals surface area contributed by atoms with Gasteiger partial charge in [-0.1, -0.05) is 35.9 Å². The summed E-state index contributed by atoms with van der Waals surface area (Å²) in [6, 6.07) is 13.2. The number of carbonyl (C=O) groups is 3. The minimum atomic E-state index is -0.549. The molecule has 1 fully saturated rings. The number of imide groups is 1.